The summed E-state index contributed by atoms with van der Waals surface area (Å²) >= 11 is 0. The molecule has 5 rings (SSSR count). The summed E-state index contributed by atoms with van der Waals surface area (Å²) in [5.41, 5.74) is 15.8. The van der Waals surface area contributed by atoms with Crippen LogP contribution in [0, 0.1) is 5.92 Å². The van der Waals surface area contributed by atoms with Crippen LogP contribution in [0.1, 0.15) is 56.6 Å². The first kappa shape index (κ1) is 24.8. The molecule has 0 aliphatic heterocycles. The van der Waals surface area contributed by atoms with Crippen molar-refractivity contribution in [1.82, 2.24) is 0 Å². The van der Waals surface area contributed by atoms with Crippen molar-refractivity contribution < 1.29 is 9.47 Å². The van der Waals surface area contributed by atoms with Gasteiger partial charge in [0.2, 0.25) is 0 Å². The summed E-state index contributed by atoms with van der Waals surface area (Å²) in [5, 5.41) is 0. The van der Waals surface area contributed by atoms with Gasteiger partial charge >= 0.3 is 0 Å². The molecule has 4 heteroatoms. The van der Waals surface area contributed by atoms with E-state index in [1.54, 1.807) is 0 Å². The lowest BCUT2D eigenvalue weighted by molar-refractivity contribution is 0.253. The Morgan fingerprint density at radius 3 is 1.30 bits per heavy atom. The highest BCUT2D eigenvalue weighted by atomic mass is 16.5. The third-order valence-electron chi connectivity index (χ3n) is 7.70. The molecule has 0 radical (unpaired) electrons. The lowest BCUT2D eigenvalue weighted by Gasteiger charge is -2.41. The van der Waals surface area contributed by atoms with E-state index in [1.807, 2.05) is 48.5 Å². The zero-order valence-electron chi connectivity index (χ0n) is 21.5. The normalized spacial score (nSPS) is 15.3. The molecule has 0 heterocycles. The number of hydrogen-bond acceptors (Lipinski definition) is 4. The lowest BCUT2D eigenvalue weighted by atomic mass is 9.62. The van der Waals surface area contributed by atoms with E-state index in [-0.39, 0.29) is 5.41 Å². The van der Waals surface area contributed by atoms with Gasteiger partial charge in [0, 0.05) is 16.8 Å². The van der Waals surface area contributed by atoms with Crippen LogP contribution in [0.3, 0.4) is 0 Å². The van der Waals surface area contributed by atoms with E-state index in [0.717, 1.165) is 53.1 Å². The maximum absolute atomic E-state index is 6.06. The molecular weight excluding hydrogens is 456 g/mol. The van der Waals surface area contributed by atoms with Gasteiger partial charge in [0.25, 0.3) is 0 Å². The molecular formula is C33H36N2O2. The second kappa shape index (κ2) is 11.0. The molecule has 0 atom stereocenters. The molecule has 190 valence electrons. The Morgan fingerprint density at radius 2 is 0.946 bits per heavy atom. The zero-order chi connectivity index (χ0) is 25.7. The predicted octanol–water partition coefficient (Wildman–Crippen LogP) is 8.71. The van der Waals surface area contributed by atoms with Crippen molar-refractivity contribution in [2.75, 3.05) is 11.5 Å². The van der Waals surface area contributed by atoms with Crippen molar-refractivity contribution >= 4 is 11.4 Å². The second-order valence-electron chi connectivity index (χ2n) is 10.2. The van der Waals surface area contributed by atoms with E-state index < -0.39 is 0 Å². The smallest absolute Gasteiger partial charge is 0.127 e. The van der Waals surface area contributed by atoms with E-state index in [4.69, 9.17) is 20.9 Å². The minimum Gasteiger partial charge on any atom is -0.457 e. The van der Waals surface area contributed by atoms with Gasteiger partial charge in [-0.25, -0.2) is 0 Å². The number of benzene rings is 4. The molecule has 4 aromatic rings. The fourth-order valence-corrected chi connectivity index (χ4v) is 5.64. The molecule has 1 aliphatic rings. The molecule has 0 aromatic heterocycles. The predicted molar refractivity (Wildman–Crippen MR) is 152 cm³/mol. The molecule has 1 saturated carbocycles. The second-order valence-corrected chi connectivity index (χ2v) is 10.2. The Bertz CT molecular complexity index is 1180. The summed E-state index contributed by atoms with van der Waals surface area (Å²) in [6.07, 6.45) is 7.37. The highest BCUT2D eigenvalue weighted by molar-refractivity contribution is 5.47. The van der Waals surface area contributed by atoms with Crippen LogP contribution in [-0.4, -0.2) is 0 Å². The fraction of sp³-hybridized carbons (Fsp3) is 0.273. The highest BCUT2D eigenvalue weighted by Gasteiger charge is 2.38. The lowest BCUT2D eigenvalue weighted by Crippen LogP contribution is -2.33. The van der Waals surface area contributed by atoms with Gasteiger partial charge in [-0.15, -0.1) is 0 Å². The molecule has 1 aliphatic carbocycles. The van der Waals surface area contributed by atoms with E-state index in [9.17, 15) is 0 Å². The van der Waals surface area contributed by atoms with Crippen LogP contribution in [0.25, 0.3) is 0 Å². The first-order chi connectivity index (χ1) is 18.0. The Kier molecular flexibility index (Phi) is 7.36. The molecule has 0 spiro atoms. The van der Waals surface area contributed by atoms with Crippen LogP contribution in [0.15, 0.2) is 97.1 Å². The van der Waals surface area contributed by atoms with Crippen molar-refractivity contribution in [3.8, 4) is 23.0 Å². The zero-order valence-corrected chi connectivity index (χ0v) is 21.5. The third kappa shape index (κ3) is 5.75. The van der Waals surface area contributed by atoms with Gasteiger partial charge in [0.15, 0.2) is 0 Å². The summed E-state index contributed by atoms with van der Waals surface area (Å²) < 4.78 is 12.1. The molecule has 0 saturated heterocycles. The number of rotatable bonds is 8. The molecule has 0 amide bonds. The van der Waals surface area contributed by atoms with E-state index >= 15 is 0 Å². The van der Waals surface area contributed by atoms with E-state index in [2.05, 4.69) is 55.5 Å². The standard InChI is InChI=1S/C33H36N2O2/c1-2-3-24-20-22-33(23-21-24,25-4-12-29(13-5-25)36-31-16-8-27(34)9-17-31)26-6-14-30(15-7-26)37-32-18-10-28(35)11-19-32/h4-19,24H,2-3,20-23,34-35H2,1H3. The summed E-state index contributed by atoms with van der Waals surface area (Å²) in [6, 6.07) is 32.3. The van der Waals surface area contributed by atoms with Crippen LogP contribution in [-0.2, 0) is 5.41 Å². The van der Waals surface area contributed by atoms with Crippen LogP contribution in [0.4, 0.5) is 11.4 Å². The van der Waals surface area contributed by atoms with Crippen molar-refractivity contribution in [3.63, 3.8) is 0 Å². The number of nitrogen functional groups attached to an aromatic ring is 2. The van der Waals surface area contributed by atoms with Crippen LogP contribution < -0.4 is 20.9 Å². The van der Waals surface area contributed by atoms with Gasteiger partial charge < -0.3 is 20.9 Å². The summed E-state index contributed by atoms with van der Waals surface area (Å²) in [6.45, 7) is 2.29. The topological polar surface area (TPSA) is 70.5 Å². The summed E-state index contributed by atoms with van der Waals surface area (Å²) in [7, 11) is 0. The molecule has 4 aromatic carbocycles. The van der Waals surface area contributed by atoms with Gasteiger partial charge in [-0.1, -0.05) is 44.0 Å². The summed E-state index contributed by atoms with van der Waals surface area (Å²) in [4.78, 5) is 0. The first-order valence-corrected chi connectivity index (χ1v) is 13.3. The quantitative estimate of drug-likeness (QED) is 0.241. The average Bonchev–Trinajstić information content (AvgIpc) is 2.93. The van der Waals surface area contributed by atoms with Crippen LogP contribution >= 0.6 is 0 Å². The number of ether oxygens (including phenoxy) is 2. The molecule has 0 unspecified atom stereocenters. The highest BCUT2D eigenvalue weighted by Crippen LogP contribution is 2.48. The van der Waals surface area contributed by atoms with Crippen molar-refractivity contribution in [2.45, 2.75) is 50.9 Å². The Labute approximate surface area is 220 Å². The van der Waals surface area contributed by atoms with Gasteiger partial charge in [0.1, 0.15) is 23.0 Å². The van der Waals surface area contributed by atoms with E-state index in [0.29, 0.717) is 0 Å². The molecule has 37 heavy (non-hydrogen) atoms. The third-order valence-corrected chi connectivity index (χ3v) is 7.70. The van der Waals surface area contributed by atoms with Crippen molar-refractivity contribution in [1.29, 1.82) is 0 Å². The van der Waals surface area contributed by atoms with Crippen LogP contribution in [0.2, 0.25) is 0 Å². The molecule has 4 nitrogen and oxygen atoms in total. The molecule has 1 fully saturated rings. The maximum Gasteiger partial charge on any atom is 0.127 e. The first-order valence-electron chi connectivity index (χ1n) is 13.3. The Balaban J connectivity index is 1.39. The SMILES string of the molecule is CCCC1CCC(c2ccc(Oc3ccc(N)cc3)cc2)(c2ccc(Oc3ccc(N)cc3)cc2)CC1. The van der Waals surface area contributed by atoms with E-state index in [1.165, 1.54) is 36.8 Å². The average molecular weight is 493 g/mol. The molecule has 0 bridgehead atoms. The monoisotopic (exact) mass is 492 g/mol. The minimum atomic E-state index is -0.0102. The van der Waals surface area contributed by atoms with Gasteiger partial charge in [-0.2, -0.15) is 0 Å². The number of anilines is 2. The number of nitrogens with two attached hydrogens (primary N) is 2. The Hall–Kier alpha value is -3.92. The minimum absolute atomic E-state index is 0.0102. The van der Waals surface area contributed by atoms with Gasteiger partial charge in [-0.3, -0.25) is 0 Å². The molecule has 4 N–H and O–H groups in total. The van der Waals surface area contributed by atoms with Crippen molar-refractivity contribution in [2.24, 2.45) is 5.92 Å². The fourth-order valence-electron chi connectivity index (χ4n) is 5.64. The van der Waals surface area contributed by atoms with Gasteiger partial charge in [0.05, 0.1) is 0 Å². The van der Waals surface area contributed by atoms with Gasteiger partial charge in [-0.05, 0) is 116 Å². The number of hydrogen-bond donors (Lipinski definition) is 2. The van der Waals surface area contributed by atoms with Crippen LogP contribution in [0.5, 0.6) is 23.0 Å². The largest absolute Gasteiger partial charge is 0.457 e. The summed E-state index contributed by atoms with van der Waals surface area (Å²) in [5.74, 6) is 4.05. The maximum atomic E-state index is 6.06. The van der Waals surface area contributed by atoms with Crippen molar-refractivity contribution in [3.05, 3.63) is 108 Å². The Morgan fingerprint density at radius 1 is 0.595 bits per heavy atom.